The third kappa shape index (κ3) is 3.84. The number of anilines is 2. The van der Waals surface area contributed by atoms with E-state index in [-0.39, 0.29) is 11.5 Å². The maximum absolute atomic E-state index is 13.1. The second-order valence-corrected chi connectivity index (χ2v) is 9.83. The highest BCUT2D eigenvalue weighted by Crippen LogP contribution is 2.43. The van der Waals surface area contributed by atoms with Crippen LogP contribution in [0.1, 0.15) is 47.5 Å². The van der Waals surface area contributed by atoms with E-state index in [1.165, 1.54) is 11.3 Å². The number of nitrogen functional groups attached to an aromatic ring is 1. The molecule has 0 radical (unpaired) electrons. The second kappa shape index (κ2) is 7.93. The van der Waals surface area contributed by atoms with E-state index in [4.69, 9.17) is 20.2 Å². The first kappa shape index (κ1) is 20.5. The van der Waals surface area contributed by atoms with Crippen molar-refractivity contribution in [3.8, 4) is 0 Å². The van der Waals surface area contributed by atoms with Gasteiger partial charge in [-0.1, -0.05) is 12.2 Å². The Morgan fingerprint density at radius 2 is 2.06 bits per heavy atom. The number of carbonyl (C=O) groups excluding carboxylic acids is 1. The number of hydrogen-bond acceptors (Lipinski definition) is 7. The van der Waals surface area contributed by atoms with Crippen molar-refractivity contribution in [3.05, 3.63) is 39.9 Å². The van der Waals surface area contributed by atoms with Crippen molar-refractivity contribution < 1.29 is 14.3 Å². The van der Waals surface area contributed by atoms with Crippen LogP contribution in [0.4, 0.5) is 11.5 Å². The number of fused-ring (bicyclic) bond motifs is 3. The number of morpholine rings is 1. The summed E-state index contributed by atoms with van der Waals surface area (Å²) in [4.78, 5) is 21.6. The first-order valence-corrected chi connectivity index (χ1v) is 11.6. The zero-order valence-electron chi connectivity index (χ0n) is 18.0. The highest BCUT2D eigenvalue weighted by Gasteiger charge is 2.34. The van der Waals surface area contributed by atoms with Crippen LogP contribution < -0.4 is 16.0 Å². The molecule has 1 fully saturated rings. The molecule has 164 valence electrons. The highest BCUT2D eigenvalue weighted by atomic mass is 32.1. The Hall–Kier alpha value is -2.42. The summed E-state index contributed by atoms with van der Waals surface area (Å²) >= 11 is 1.37. The van der Waals surface area contributed by atoms with Gasteiger partial charge in [-0.2, -0.15) is 0 Å². The first-order chi connectivity index (χ1) is 14.9. The van der Waals surface area contributed by atoms with Crippen molar-refractivity contribution in [2.45, 2.75) is 45.3 Å². The average molecular weight is 441 g/mol. The summed E-state index contributed by atoms with van der Waals surface area (Å²) in [6.45, 7) is 7.63. The molecule has 0 aromatic carbocycles. The van der Waals surface area contributed by atoms with E-state index in [9.17, 15) is 4.79 Å². The smallest absolute Gasteiger partial charge is 0.267 e. The maximum atomic E-state index is 13.1. The summed E-state index contributed by atoms with van der Waals surface area (Å²) in [5, 5.41) is 3.91. The minimum absolute atomic E-state index is 0.175. The van der Waals surface area contributed by atoms with Crippen molar-refractivity contribution in [2.24, 2.45) is 0 Å². The second-order valence-electron chi connectivity index (χ2n) is 8.84. The van der Waals surface area contributed by atoms with Gasteiger partial charge in [0.2, 0.25) is 0 Å². The predicted octanol–water partition coefficient (Wildman–Crippen LogP) is 3.53. The largest absolute Gasteiger partial charge is 0.397 e. The van der Waals surface area contributed by atoms with Crippen LogP contribution in [0.15, 0.2) is 23.9 Å². The number of nitrogens with one attached hydrogen (secondary N) is 1. The summed E-state index contributed by atoms with van der Waals surface area (Å²) in [7, 11) is 0. The Balaban J connectivity index is 1.61. The fourth-order valence-corrected chi connectivity index (χ4v) is 5.46. The fourth-order valence-electron chi connectivity index (χ4n) is 4.44. The molecule has 3 N–H and O–H groups in total. The van der Waals surface area contributed by atoms with Gasteiger partial charge in [-0.25, -0.2) is 4.98 Å². The van der Waals surface area contributed by atoms with Gasteiger partial charge in [-0.3, -0.25) is 4.79 Å². The minimum Gasteiger partial charge on any atom is -0.397 e. The van der Waals surface area contributed by atoms with Crippen molar-refractivity contribution in [2.75, 3.05) is 36.9 Å². The van der Waals surface area contributed by atoms with Crippen LogP contribution in [0.3, 0.4) is 0 Å². The van der Waals surface area contributed by atoms with Crippen LogP contribution in [0, 0.1) is 0 Å². The Bertz CT molecular complexity index is 1100. The lowest BCUT2D eigenvalue weighted by Gasteiger charge is -2.36. The number of aromatic nitrogens is 1. The predicted molar refractivity (Wildman–Crippen MR) is 124 cm³/mol. The molecule has 0 bridgehead atoms. The minimum atomic E-state index is -0.294. The third-order valence-electron chi connectivity index (χ3n) is 6.05. The summed E-state index contributed by atoms with van der Waals surface area (Å²) in [5.41, 5.74) is 9.88. The normalized spacial score (nSPS) is 20.5. The van der Waals surface area contributed by atoms with Crippen molar-refractivity contribution in [3.63, 3.8) is 0 Å². The topological polar surface area (TPSA) is 89.7 Å². The monoisotopic (exact) mass is 440 g/mol. The lowest BCUT2D eigenvalue weighted by molar-refractivity contribution is -0.0396. The van der Waals surface area contributed by atoms with Crippen LogP contribution in [0.2, 0.25) is 0 Å². The number of pyridine rings is 1. The van der Waals surface area contributed by atoms with E-state index in [0.717, 1.165) is 65.2 Å². The van der Waals surface area contributed by atoms with Crippen LogP contribution in [0.5, 0.6) is 0 Å². The van der Waals surface area contributed by atoms with Crippen molar-refractivity contribution in [1.82, 2.24) is 10.3 Å². The van der Waals surface area contributed by atoms with E-state index in [1.807, 2.05) is 12.2 Å². The molecule has 1 amide bonds. The molecule has 2 aromatic heterocycles. The summed E-state index contributed by atoms with van der Waals surface area (Å²) < 4.78 is 11.7. The van der Waals surface area contributed by atoms with E-state index < -0.39 is 0 Å². The number of nitrogens with two attached hydrogens (primary N) is 1. The molecular weight excluding hydrogens is 412 g/mol. The van der Waals surface area contributed by atoms with E-state index in [2.05, 4.69) is 30.1 Å². The molecule has 31 heavy (non-hydrogen) atoms. The van der Waals surface area contributed by atoms with Gasteiger partial charge in [0.1, 0.15) is 15.5 Å². The van der Waals surface area contributed by atoms with Gasteiger partial charge < -0.3 is 25.4 Å². The molecule has 3 aliphatic rings. The number of hydrogen-bond donors (Lipinski definition) is 2. The zero-order chi connectivity index (χ0) is 21.6. The molecule has 1 aliphatic carbocycles. The van der Waals surface area contributed by atoms with Gasteiger partial charge in [0, 0.05) is 36.2 Å². The molecule has 8 heteroatoms. The summed E-state index contributed by atoms with van der Waals surface area (Å²) in [6.07, 6.45) is 8.72. The molecule has 1 saturated heterocycles. The molecule has 2 aromatic rings. The molecular formula is C23H28N4O3S. The van der Waals surface area contributed by atoms with Gasteiger partial charge in [0.25, 0.3) is 5.91 Å². The molecule has 4 heterocycles. The van der Waals surface area contributed by atoms with Crippen LogP contribution in [0.25, 0.3) is 10.2 Å². The molecule has 0 atom stereocenters. The van der Waals surface area contributed by atoms with Gasteiger partial charge in [0.15, 0.2) is 0 Å². The van der Waals surface area contributed by atoms with Gasteiger partial charge in [-0.05, 0) is 38.3 Å². The number of ether oxygens (including phenoxy) is 2. The van der Waals surface area contributed by atoms with Gasteiger partial charge in [-0.15, -0.1) is 11.3 Å². The molecule has 5 rings (SSSR count). The Morgan fingerprint density at radius 3 is 2.81 bits per heavy atom. The van der Waals surface area contributed by atoms with E-state index in [1.54, 1.807) is 0 Å². The fraction of sp³-hybridized carbons (Fsp3) is 0.478. The third-order valence-corrected chi connectivity index (χ3v) is 7.15. The van der Waals surface area contributed by atoms with E-state index >= 15 is 0 Å². The Morgan fingerprint density at radius 1 is 1.26 bits per heavy atom. The van der Waals surface area contributed by atoms with Gasteiger partial charge in [0.05, 0.1) is 31.1 Å². The zero-order valence-corrected chi connectivity index (χ0v) is 18.8. The van der Waals surface area contributed by atoms with Gasteiger partial charge >= 0.3 is 0 Å². The molecule has 7 nitrogen and oxygen atoms in total. The Labute approximate surface area is 185 Å². The highest BCUT2D eigenvalue weighted by molar-refractivity contribution is 7.21. The average Bonchev–Trinajstić information content (AvgIpc) is 3.10. The molecule has 0 spiro atoms. The lowest BCUT2D eigenvalue weighted by Crippen LogP contribution is -2.39. The number of amides is 1. The lowest BCUT2D eigenvalue weighted by atomic mass is 9.89. The molecule has 0 saturated carbocycles. The number of nitrogens with zero attached hydrogens (tertiary/aromatic N) is 2. The number of thiophene rings is 1. The molecule has 2 aliphatic heterocycles. The standard InChI is InChI=1S/C23H28N4O3S/c1-23(2)12-15-16(13-30-23)20(27-8-10-29-11-9-27)26-22-17(15)18(24)19(31-22)21(28)25-14-6-4-3-5-7-14/h4,6-7H,3,5,8-13,24H2,1-2H3,(H,25,28). The van der Waals surface area contributed by atoms with E-state index in [0.29, 0.717) is 30.4 Å². The SMILES string of the molecule is CC1(C)Cc2c(c(N3CCOCC3)nc3sc(C(=O)NC4=CCCC=C4)c(N)c23)CO1. The summed E-state index contributed by atoms with van der Waals surface area (Å²) in [5.74, 6) is 0.763. The summed E-state index contributed by atoms with van der Waals surface area (Å²) in [6, 6.07) is 0. The van der Waals surface area contributed by atoms with Crippen LogP contribution in [-0.4, -0.2) is 42.8 Å². The van der Waals surface area contributed by atoms with Crippen molar-refractivity contribution >= 4 is 39.0 Å². The number of rotatable bonds is 3. The Kier molecular flexibility index (Phi) is 5.24. The quantitative estimate of drug-likeness (QED) is 0.759. The van der Waals surface area contributed by atoms with Crippen LogP contribution in [-0.2, 0) is 22.5 Å². The first-order valence-electron chi connectivity index (χ1n) is 10.8. The maximum Gasteiger partial charge on any atom is 0.267 e. The number of carbonyl (C=O) groups is 1. The number of allylic oxidation sites excluding steroid dienone is 3. The van der Waals surface area contributed by atoms with Crippen molar-refractivity contribution in [1.29, 1.82) is 0 Å². The van der Waals surface area contributed by atoms with Crippen LogP contribution >= 0.6 is 11.3 Å². The molecule has 0 unspecified atom stereocenters.